The van der Waals surface area contributed by atoms with Crippen molar-refractivity contribution in [1.82, 2.24) is 9.80 Å². The lowest BCUT2D eigenvalue weighted by atomic mass is 10.1. The molecule has 2 amide bonds. The fourth-order valence-corrected chi connectivity index (χ4v) is 6.15. The van der Waals surface area contributed by atoms with Gasteiger partial charge in [-0.15, -0.1) is 0 Å². The zero-order valence-corrected chi connectivity index (χ0v) is 32.7. The number of benzene rings is 4. The Hall–Kier alpha value is -5.49. The highest BCUT2D eigenvalue weighted by Gasteiger charge is 2.32. The molecule has 6 rings (SSSR count). The average Bonchev–Trinajstić information content (AvgIpc) is 3.89. The number of phenolic OH excluding ortho intramolecular Hbond substituents is 1. The number of hydrogen-bond acceptors (Lipinski definition) is 9. The van der Waals surface area contributed by atoms with Gasteiger partial charge in [0.05, 0.1) is 30.6 Å². The summed E-state index contributed by atoms with van der Waals surface area (Å²) >= 11 is 0. The summed E-state index contributed by atoms with van der Waals surface area (Å²) in [7, 11) is -3.43. The van der Waals surface area contributed by atoms with Gasteiger partial charge in [-0.2, -0.15) is 34.8 Å². The van der Waals surface area contributed by atoms with Crippen LogP contribution in [0, 0.1) is 11.8 Å². The normalized spacial score (nSPS) is 16.6. The topological polar surface area (TPSA) is 132 Å². The fraction of sp³-hybridized carbons (Fsp3) is 0.366. The number of alkyl halides is 6. The van der Waals surface area contributed by atoms with E-state index in [9.17, 15) is 44.3 Å². The van der Waals surface area contributed by atoms with Crippen molar-refractivity contribution in [2.24, 2.45) is 11.8 Å². The van der Waals surface area contributed by atoms with Crippen molar-refractivity contribution in [3.8, 4) is 11.5 Å². The first-order chi connectivity index (χ1) is 27.9. The molecule has 4 aromatic carbocycles. The molecule has 2 saturated heterocycles. The number of aromatic hydroxyl groups is 1. The Bertz CT molecular complexity index is 2000. The van der Waals surface area contributed by atoms with Gasteiger partial charge < -0.3 is 29.1 Å². The lowest BCUT2D eigenvalue weighted by molar-refractivity contribution is -0.138. The minimum absolute atomic E-state index is 0.0315. The van der Waals surface area contributed by atoms with E-state index in [0.29, 0.717) is 38.5 Å². The molecule has 2 heterocycles. The molecule has 18 heteroatoms. The second-order valence-electron chi connectivity index (χ2n) is 13.6. The largest absolute Gasteiger partial charge is 0.508 e. The van der Waals surface area contributed by atoms with Gasteiger partial charge in [0.2, 0.25) is 0 Å². The Morgan fingerprint density at radius 3 is 1.46 bits per heavy atom. The van der Waals surface area contributed by atoms with Crippen LogP contribution in [-0.2, 0) is 49.3 Å². The van der Waals surface area contributed by atoms with Crippen LogP contribution in [0.3, 0.4) is 0 Å². The third-order valence-electron chi connectivity index (χ3n) is 8.88. The van der Waals surface area contributed by atoms with Gasteiger partial charge in [-0.05, 0) is 72.5 Å². The minimum Gasteiger partial charge on any atom is -0.508 e. The van der Waals surface area contributed by atoms with Gasteiger partial charge in [-0.25, -0.2) is 9.59 Å². The van der Waals surface area contributed by atoms with Gasteiger partial charge >= 0.3 is 24.5 Å². The number of likely N-dealkylation sites (tertiary alicyclic amines) is 2. The molecule has 2 aliphatic rings. The summed E-state index contributed by atoms with van der Waals surface area (Å²) in [5.41, 5.74) is 0.396. The second kappa shape index (κ2) is 21.5. The quantitative estimate of drug-likeness (QED) is 0.123. The van der Waals surface area contributed by atoms with Crippen LogP contribution in [0.15, 0.2) is 109 Å². The van der Waals surface area contributed by atoms with Crippen LogP contribution in [-0.4, -0.2) is 81.2 Å². The highest BCUT2D eigenvalue weighted by Crippen LogP contribution is 2.31. The van der Waals surface area contributed by atoms with Crippen molar-refractivity contribution >= 4 is 22.3 Å². The van der Waals surface area contributed by atoms with Crippen LogP contribution in [0.25, 0.3) is 0 Å². The molecular weight excluding hydrogens is 811 g/mol. The molecule has 320 valence electrons. The van der Waals surface area contributed by atoms with Crippen molar-refractivity contribution in [1.29, 1.82) is 0 Å². The maximum absolute atomic E-state index is 12.6. The van der Waals surface area contributed by atoms with E-state index >= 15 is 0 Å². The molecule has 0 spiro atoms. The Kier molecular flexibility index (Phi) is 16.8. The van der Waals surface area contributed by atoms with Crippen molar-refractivity contribution in [3.05, 3.63) is 131 Å². The van der Waals surface area contributed by atoms with Crippen molar-refractivity contribution < 1.29 is 67.8 Å². The van der Waals surface area contributed by atoms with E-state index in [-0.39, 0.29) is 49.6 Å². The molecule has 11 nitrogen and oxygen atoms in total. The van der Waals surface area contributed by atoms with Gasteiger partial charge in [0.1, 0.15) is 24.7 Å². The first-order valence-electron chi connectivity index (χ1n) is 18.3. The number of rotatable bonds is 10. The summed E-state index contributed by atoms with van der Waals surface area (Å²) in [5, 5.41) is 8.66. The number of amides is 2. The molecule has 59 heavy (non-hydrogen) atoms. The monoisotopic (exact) mass is 854 g/mol. The average molecular weight is 855 g/mol. The number of carbonyl (C=O) groups excluding carboxylic acids is 2. The maximum Gasteiger partial charge on any atom is 0.416 e. The summed E-state index contributed by atoms with van der Waals surface area (Å²) < 4.78 is 116. The molecular formula is C41H44F6N2O9S. The van der Waals surface area contributed by atoms with E-state index in [4.69, 9.17) is 23.5 Å². The Balaban J connectivity index is 0.000000213. The van der Waals surface area contributed by atoms with Gasteiger partial charge in [-0.1, -0.05) is 60.7 Å². The lowest BCUT2D eigenvalue weighted by Gasteiger charge is -2.17. The van der Waals surface area contributed by atoms with Gasteiger partial charge in [0.15, 0.2) is 0 Å². The van der Waals surface area contributed by atoms with Crippen LogP contribution in [0.2, 0.25) is 0 Å². The Morgan fingerprint density at radius 1 is 0.644 bits per heavy atom. The highest BCUT2D eigenvalue weighted by atomic mass is 32.2. The van der Waals surface area contributed by atoms with E-state index < -0.39 is 33.6 Å². The third kappa shape index (κ3) is 16.7. The molecule has 0 radical (unpaired) electrons. The Morgan fingerprint density at radius 2 is 1.05 bits per heavy atom. The molecule has 0 unspecified atom stereocenters. The van der Waals surface area contributed by atoms with Crippen LogP contribution < -0.4 is 4.74 Å². The van der Waals surface area contributed by atoms with E-state index in [0.717, 1.165) is 66.6 Å². The first-order valence-corrected chi connectivity index (χ1v) is 20.1. The summed E-state index contributed by atoms with van der Waals surface area (Å²) in [4.78, 5) is 27.2. The molecule has 2 aliphatic heterocycles. The molecule has 0 bridgehead atoms. The fourth-order valence-electron chi connectivity index (χ4n) is 5.71. The van der Waals surface area contributed by atoms with Crippen LogP contribution in [0.5, 0.6) is 11.5 Å². The van der Waals surface area contributed by atoms with E-state index in [1.54, 1.807) is 9.80 Å². The third-order valence-corrected chi connectivity index (χ3v) is 9.44. The van der Waals surface area contributed by atoms with Gasteiger partial charge in [0.25, 0.3) is 10.1 Å². The standard InChI is InChI=1S/C20H20F3NO3.C14H19NO5S.C7H5F3O/c21-20(22,23)17-6-8-18(9-7-17)26-14-16-10-11-24(12-16)19(25)27-13-15-4-2-1-3-5-15;1-21(17,18)20-11-13-7-8-15(9-13)14(16)19-10-12-5-3-2-4-6-12;8-7(9,10)5-1-3-6(11)4-2-5/h1-9,16H,10-14H2;2-6,13H,7-11H2,1H3;1-4,11H/t16-;13-;/m00./s1. The number of ether oxygens (including phenoxy) is 3. The van der Waals surface area contributed by atoms with Crippen molar-refractivity contribution in [3.63, 3.8) is 0 Å². The number of carbonyl (C=O) groups is 2. The molecule has 2 fully saturated rings. The van der Waals surface area contributed by atoms with Crippen LogP contribution >= 0.6 is 0 Å². The zero-order valence-electron chi connectivity index (χ0n) is 31.9. The number of hydrogen-bond donors (Lipinski definition) is 1. The van der Waals surface area contributed by atoms with E-state index in [2.05, 4.69) is 0 Å². The van der Waals surface area contributed by atoms with Crippen molar-refractivity contribution in [2.45, 2.75) is 38.4 Å². The number of halogens is 6. The van der Waals surface area contributed by atoms with Gasteiger partial charge in [0, 0.05) is 38.0 Å². The first kappa shape index (κ1) is 46.2. The molecule has 2 atom stereocenters. The molecule has 0 saturated carbocycles. The number of nitrogens with zero attached hydrogens (tertiary/aromatic N) is 2. The zero-order chi connectivity index (χ0) is 43.1. The second-order valence-corrected chi connectivity index (χ2v) is 15.3. The van der Waals surface area contributed by atoms with Crippen LogP contribution in [0.1, 0.15) is 35.1 Å². The summed E-state index contributed by atoms with van der Waals surface area (Å²) in [5.74, 6) is 0.367. The molecule has 0 aromatic heterocycles. The summed E-state index contributed by atoms with van der Waals surface area (Å²) in [6, 6.07) is 27.2. The molecule has 0 aliphatic carbocycles. The smallest absolute Gasteiger partial charge is 0.416 e. The Labute approximate surface area is 338 Å². The van der Waals surface area contributed by atoms with Crippen LogP contribution in [0.4, 0.5) is 35.9 Å². The maximum atomic E-state index is 12.6. The van der Waals surface area contributed by atoms with E-state index in [1.165, 1.54) is 12.1 Å². The predicted octanol–water partition coefficient (Wildman–Crippen LogP) is 8.78. The molecule has 4 aromatic rings. The number of phenols is 1. The highest BCUT2D eigenvalue weighted by molar-refractivity contribution is 7.85. The lowest BCUT2D eigenvalue weighted by Crippen LogP contribution is -2.30. The van der Waals surface area contributed by atoms with E-state index in [1.807, 2.05) is 60.7 Å². The van der Waals surface area contributed by atoms with Crippen molar-refractivity contribution in [2.75, 3.05) is 45.6 Å². The predicted molar refractivity (Wildman–Crippen MR) is 203 cm³/mol. The SMILES string of the molecule is CS(=O)(=O)OC[C@H]1CCN(C(=O)OCc2ccccc2)C1.O=C(OCc1ccccc1)N1CC[C@H](COc2ccc(C(F)(F)F)cc2)C1.Oc1ccc(C(F)(F)F)cc1. The van der Waals surface area contributed by atoms with Gasteiger partial charge in [-0.3, -0.25) is 4.18 Å². The molecule has 1 N–H and O–H groups in total. The summed E-state index contributed by atoms with van der Waals surface area (Å²) in [6.45, 7) is 3.02. The minimum atomic E-state index is -4.36. The summed E-state index contributed by atoms with van der Waals surface area (Å²) in [6.07, 6.45) is -6.92.